The molecule has 3 heteroatoms. The highest BCUT2D eigenvalue weighted by atomic mass is 35.5. The number of benzene rings is 1. The number of hydrogen-bond acceptors (Lipinski definition) is 1. The highest BCUT2D eigenvalue weighted by Crippen LogP contribution is 2.29. The molecular formula is C10H10ClNS. The van der Waals surface area contributed by atoms with E-state index in [1.165, 1.54) is 10.3 Å². The Bertz CT molecular complexity index is 422. The molecule has 2 rings (SSSR count). The Hall–Kier alpha value is -0.600. The molecule has 0 saturated carbocycles. The normalized spacial score (nSPS) is 10.9. The summed E-state index contributed by atoms with van der Waals surface area (Å²) < 4.78 is 0. The molecular weight excluding hydrogens is 202 g/mol. The summed E-state index contributed by atoms with van der Waals surface area (Å²) in [5, 5.41) is 2.02. The number of halogens is 1. The number of thioether (sulfide) groups is 1. The lowest BCUT2D eigenvalue weighted by Crippen LogP contribution is -1.70. The van der Waals surface area contributed by atoms with Crippen molar-refractivity contribution >= 4 is 34.3 Å². The first-order valence-corrected chi connectivity index (χ1v) is 5.57. The molecule has 1 aromatic heterocycles. The molecule has 0 saturated heterocycles. The van der Waals surface area contributed by atoms with Crippen molar-refractivity contribution in [1.29, 1.82) is 0 Å². The maximum Gasteiger partial charge on any atom is 0.0466 e. The molecule has 0 unspecified atom stereocenters. The van der Waals surface area contributed by atoms with Gasteiger partial charge in [0, 0.05) is 27.0 Å². The maximum absolute atomic E-state index is 5.92. The molecule has 0 spiro atoms. The average molecular weight is 212 g/mol. The summed E-state index contributed by atoms with van der Waals surface area (Å²) in [7, 11) is 0. The second-order valence-corrected chi connectivity index (χ2v) is 4.52. The molecule has 0 aliphatic heterocycles. The van der Waals surface area contributed by atoms with Crippen LogP contribution in [0.1, 0.15) is 6.92 Å². The predicted octanol–water partition coefficient (Wildman–Crippen LogP) is 3.93. The Balaban J connectivity index is 2.58. The topological polar surface area (TPSA) is 15.8 Å². The zero-order chi connectivity index (χ0) is 9.26. The number of nitrogens with one attached hydrogen (secondary N) is 1. The van der Waals surface area contributed by atoms with E-state index in [2.05, 4.69) is 11.9 Å². The third-order valence-corrected chi connectivity index (χ3v) is 3.08. The van der Waals surface area contributed by atoms with Gasteiger partial charge < -0.3 is 4.98 Å². The molecule has 0 amide bonds. The van der Waals surface area contributed by atoms with Gasteiger partial charge in [-0.15, -0.1) is 11.8 Å². The summed E-state index contributed by atoms with van der Waals surface area (Å²) in [6.07, 6.45) is 2.04. The number of fused-ring (bicyclic) bond motifs is 1. The standard InChI is InChI=1S/C10H10ClNS/c1-2-13-10-6-12-9-4-3-7(11)5-8(9)10/h3-6,12H,2H2,1H3. The van der Waals surface area contributed by atoms with Crippen molar-refractivity contribution in [3.05, 3.63) is 29.4 Å². The van der Waals surface area contributed by atoms with Crippen molar-refractivity contribution in [1.82, 2.24) is 4.98 Å². The van der Waals surface area contributed by atoms with Crippen molar-refractivity contribution in [2.75, 3.05) is 5.75 Å². The van der Waals surface area contributed by atoms with Gasteiger partial charge in [0.25, 0.3) is 0 Å². The van der Waals surface area contributed by atoms with Crippen molar-refractivity contribution in [2.24, 2.45) is 0 Å². The van der Waals surface area contributed by atoms with Gasteiger partial charge in [-0.3, -0.25) is 0 Å². The van der Waals surface area contributed by atoms with E-state index >= 15 is 0 Å². The summed E-state index contributed by atoms with van der Waals surface area (Å²) in [5.74, 6) is 1.08. The molecule has 1 N–H and O–H groups in total. The fourth-order valence-corrected chi connectivity index (χ4v) is 2.29. The fraction of sp³-hybridized carbons (Fsp3) is 0.200. The number of aromatic nitrogens is 1. The van der Waals surface area contributed by atoms with Gasteiger partial charge in [-0.1, -0.05) is 18.5 Å². The molecule has 13 heavy (non-hydrogen) atoms. The van der Waals surface area contributed by atoms with Crippen LogP contribution >= 0.6 is 23.4 Å². The van der Waals surface area contributed by atoms with Crippen LogP contribution < -0.4 is 0 Å². The van der Waals surface area contributed by atoms with Crippen LogP contribution in [0.15, 0.2) is 29.3 Å². The summed E-state index contributed by atoms with van der Waals surface area (Å²) >= 11 is 7.75. The number of rotatable bonds is 2. The van der Waals surface area contributed by atoms with Crippen LogP contribution in [0.3, 0.4) is 0 Å². The van der Waals surface area contributed by atoms with Gasteiger partial charge in [-0.05, 0) is 24.0 Å². The Morgan fingerprint density at radius 2 is 2.31 bits per heavy atom. The van der Waals surface area contributed by atoms with E-state index in [4.69, 9.17) is 11.6 Å². The largest absolute Gasteiger partial charge is 0.360 e. The molecule has 1 heterocycles. The van der Waals surface area contributed by atoms with Gasteiger partial charge in [0.1, 0.15) is 0 Å². The molecule has 0 aliphatic carbocycles. The third-order valence-electron chi connectivity index (χ3n) is 1.91. The van der Waals surface area contributed by atoms with Crippen molar-refractivity contribution in [3.63, 3.8) is 0 Å². The lowest BCUT2D eigenvalue weighted by atomic mass is 10.2. The predicted molar refractivity (Wildman–Crippen MR) is 59.7 cm³/mol. The van der Waals surface area contributed by atoms with E-state index in [0.717, 1.165) is 16.3 Å². The van der Waals surface area contributed by atoms with Crippen molar-refractivity contribution in [3.8, 4) is 0 Å². The summed E-state index contributed by atoms with van der Waals surface area (Å²) in [5.41, 5.74) is 1.15. The molecule has 0 bridgehead atoms. The van der Waals surface area contributed by atoms with Crippen LogP contribution in [0.5, 0.6) is 0 Å². The SMILES string of the molecule is CCSc1c[nH]c2ccc(Cl)cc12. The van der Waals surface area contributed by atoms with E-state index in [0.29, 0.717) is 0 Å². The first-order chi connectivity index (χ1) is 6.31. The minimum Gasteiger partial charge on any atom is -0.360 e. The highest BCUT2D eigenvalue weighted by Gasteiger charge is 2.02. The second kappa shape index (κ2) is 3.64. The summed E-state index contributed by atoms with van der Waals surface area (Å²) in [4.78, 5) is 4.50. The van der Waals surface area contributed by atoms with E-state index in [9.17, 15) is 0 Å². The number of hydrogen-bond donors (Lipinski definition) is 1. The number of aromatic amines is 1. The zero-order valence-electron chi connectivity index (χ0n) is 7.30. The molecule has 1 nitrogen and oxygen atoms in total. The van der Waals surface area contributed by atoms with E-state index in [1.54, 1.807) is 0 Å². The first-order valence-electron chi connectivity index (χ1n) is 4.20. The van der Waals surface area contributed by atoms with Crippen molar-refractivity contribution in [2.45, 2.75) is 11.8 Å². The van der Waals surface area contributed by atoms with E-state index in [1.807, 2.05) is 36.2 Å². The van der Waals surface area contributed by atoms with Gasteiger partial charge in [-0.25, -0.2) is 0 Å². The second-order valence-electron chi connectivity index (χ2n) is 2.78. The van der Waals surface area contributed by atoms with Gasteiger partial charge in [0.2, 0.25) is 0 Å². The van der Waals surface area contributed by atoms with Crippen LogP contribution in [-0.4, -0.2) is 10.7 Å². The summed E-state index contributed by atoms with van der Waals surface area (Å²) in [6.45, 7) is 2.15. The van der Waals surface area contributed by atoms with Gasteiger partial charge >= 0.3 is 0 Å². The lowest BCUT2D eigenvalue weighted by molar-refractivity contribution is 1.40. The highest BCUT2D eigenvalue weighted by molar-refractivity contribution is 7.99. The Kier molecular flexibility index (Phi) is 2.51. The van der Waals surface area contributed by atoms with Crippen LogP contribution in [-0.2, 0) is 0 Å². The van der Waals surface area contributed by atoms with Gasteiger partial charge in [0.15, 0.2) is 0 Å². The van der Waals surface area contributed by atoms with Gasteiger partial charge in [0.05, 0.1) is 0 Å². The molecule has 2 aromatic rings. The Morgan fingerprint density at radius 1 is 1.46 bits per heavy atom. The first kappa shape index (κ1) is 8.97. The number of H-pyrrole nitrogens is 1. The van der Waals surface area contributed by atoms with Crippen LogP contribution in [0, 0.1) is 0 Å². The van der Waals surface area contributed by atoms with Crippen LogP contribution in [0.2, 0.25) is 5.02 Å². The molecule has 68 valence electrons. The lowest BCUT2D eigenvalue weighted by Gasteiger charge is -1.95. The van der Waals surface area contributed by atoms with E-state index in [-0.39, 0.29) is 0 Å². The van der Waals surface area contributed by atoms with Crippen LogP contribution in [0.25, 0.3) is 10.9 Å². The minimum absolute atomic E-state index is 0.796. The minimum atomic E-state index is 0.796. The Morgan fingerprint density at radius 3 is 3.08 bits per heavy atom. The Labute approximate surface area is 86.5 Å². The molecule has 0 aliphatic rings. The summed E-state index contributed by atoms with van der Waals surface area (Å²) in [6, 6.07) is 5.92. The van der Waals surface area contributed by atoms with Crippen molar-refractivity contribution < 1.29 is 0 Å². The fourth-order valence-electron chi connectivity index (χ4n) is 1.34. The zero-order valence-corrected chi connectivity index (χ0v) is 8.88. The van der Waals surface area contributed by atoms with Gasteiger partial charge in [-0.2, -0.15) is 0 Å². The molecule has 0 atom stereocenters. The maximum atomic E-state index is 5.92. The molecule has 0 fully saturated rings. The smallest absolute Gasteiger partial charge is 0.0466 e. The third kappa shape index (κ3) is 1.69. The molecule has 0 radical (unpaired) electrons. The van der Waals surface area contributed by atoms with E-state index < -0.39 is 0 Å². The molecule has 1 aromatic carbocycles. The monoisotopic (exact) mass is 211 g/mol. The van der Waals surface area contributed by atoms with Crippen LogP contribution in [0.4, 0.5) is 0 Å². The quantitative estimate of drug-likeness (QED) is 0.745. The average Bonchev–Trinajstić information content (AvgIpc) is 2.49.